The normalized spacial score (nSPS) is 16.6. The molecular formula is C26H34N6O4S. The summed E-state index contributed by atoms with van der Waals surface area (Å²) in [6, 6.07) is 7.63. The number of hydrogen-bond donors (Lipinski definition) is 1. The minimum absolute atomic E-state index is 0.00434. The van der Waals surface area contributed by atoms with Crippen molar-refractivity contribution in [3.8, 4) is 17.1 Å². The second-order valence-corrected chi connectivity index (χ2v) is 11.3. The van der Waals surface area contributed by atoms with Crippen LogP contribution in [-0.2, 0) is 21.9 Å². The van der Waals surface area contributed by atoms with Gasteiger partial charge in [0.15, 0.2) is 0 Å². The van der Waals surface area contributed by atoms with Crippen molar-refractivity contribution >= 4 is 21.9 Å². The fourth-order valence-corrected chi connectivity index (χ4v) is 5.58. The third kappa shape index (κ3) is 6.10. The number of anilines is 1. The van der Waals surface area contributed by atoms with E-state index in [1.165, 1.54) is 17.1 Å². The van der Waals surface area contributed by atoms with E-state index in [9.17, 15) is 13.2 Å². The number of amides is 1. The first kappa shape index (κ1) is 26.6. The van der Waals surface area contributed by atoms with Crippen molar-refractivity contribution in [1.29, 1.82) is 0 Å². The van der Waals surface area contributed by atoms with E-state index in [2.05, 4.69) is 26.7 Å². The molecule has 1 N–H and O–H groups in total. The molecule has 1 aliphatic heterocycles. The van der Waals surface area contributed by atoms with Gasteiger partial charge in [0.2, 0.25) is 17.7 Å². The third-order valence-electron chi connectivity index (χ3n) is 6.54. The fourth-order valence-electron chi connectivity index (χ4n) is 4.66. The highest BCUT2D eigenvalue weighted by molar-refractivity contribution is 7.92. The second kappa shape index (κ2) is 10.9. The molecule has 4 rings (SSSR count). The van der Waals surface area contributed by atoms with Crippen LogP contribution in [0.2, 0.25) is 0 Å². The van der Waals surface area contributed by atoms with Crippen molar-refractivity contribution in [2.45, 2.75) is 58.0 Å². The molecule has 1 aromatic carbocycles. The predicted molar refractivity (Wildman–Crippen MR) is 141 cm³/mol. The van der Waals surface area contributed by atoms with Crippen LogP contribution >= 0.6 is 0 Å². The summed E-state index contributed by atoms with van der Waals surface area (Å²) >= 11 is 0. The predicted octanol–water partition coefficient (Wildman–Crippen LogP) is 3.71. The molecule has 0 bridgehead atoms. The Balaban J connectivity index is 1.63. The maximum absolute atomic E-state index is 13.0. The monoisotopic (exact) mass is 526 g/mol. The van der Waals surface area contributed by atoms with Crippen LogP contribution in [0.5, 0.6) is 5.88 Å². The highest BCUT2D eigenvalue weighted by Gasteiger charge is 2.30. The Morgan fingerprint density at radius 2 is 1.97 bits per heavy atom. The largest absolute Gasteiger partial charge is 0.472 e. The number of carbonyl (C=O) groups excluding carboxylic acids is 1. The number of nitrogens with zero attached hydrogens (tertiary/aromatic N) is 5. The summed E-state index contributed by atoms with van der Waals surface area (Å²) in [6.45, 7) is 9.06. The molecule has 2 aromatic heterocycles. The lowest BCUT2D eigenvalue weighted by Gasteiger charge is -2.21. The minimum Gasteiger partial charge on any atom is -0.472 e. The van der Waals surface area contributed by atoms with Gasteiger partial charge in [-0.25, -0.2) is 18.1 Å². The number of likely N-dealkylation sites (tertiary alicyclic amines) is 1. The number of ether oxygens (including phenoxy) is 1. The number of sulfonamides is 1. The first-order chi connectivity index (χ1) is 17.6. The van der Waals surface area contributed by atoms with Gasteiger partial charge in [-0.05, 0) is 31.4 Å². The first-order valence-corrected chi connectivity index (χ1v) is 14.0. The van der Waals surface area contributed by atoms with Gasteiger partial charge in [0, 0.05) is 43.8 Å². The molecule has 0 saturated carbocycles. The maximum Gasteiger partial charge on any atom is 0.267 e. The van der Waals surface area contributed by atoms with Crippen LogP contribution in [0.15, 0.2) is 41.6 Å². The zero-order chi connectivity index (χ0) is 26.7. The molecular weight excluding hydrogens is 492 g/mol. The van der Waals surface area contributed by atoms with Gasteiger partial charge < -0.3 is 9.64 Å². The Kier molecular flexibility index (Phi) is 7.82. The van der Waals surface area contributed by atoms with Gasteiger partial charge in [0.25, 0.3) is 10.0 Å². The van der Waals surface area contributed by atoms with Gasteiger partial charge >= 0.3 is 0 Å². The molecule has 1 aliphatic rings. The highest BCUT2D eigenvalue weighted by atomic mass is 32.2. The van der Waals surface area contributed by atoms with E-state index in [0.717, 1.165) is 29.5 Å². The van der Waals surface area contributed by atoms with Crippen molar-refractivity contribution in [3.63, 3.8) is 0 Å². The quantitative estimate of drug-likeness (QED) is 0.451. The van der Waals surface area contributed by atoms with Crippen LogP contribution < -0.4 is 9.46 Å². The maximum atomic E-state index is 13.0. The van der Waals surface area contributed by atoms with Gasteiger partial charge in [0.1, 0.15) is 11.0 Å². The van der Waals surface area contributed by atoms with Gasteiger partial charge in [-0.3, -0.25) is 9.48 Å². The Labute approximate surface area is 218 Å². The zero-order valence-corrected chi connectivity index (χ0v) is 22.7. The van der Waals surface area contributed by atoms with E-state index in [0.29, 0.717) is 25.2 Å². The van der Waals surface area contributed by atoms with Crippen LogP contribution in [0.25, 0.3) is 11.3 Å². The van der Waals surface area contributed by atoms with E-state index in [1.54, 1.807) is 13.1 Å². The first-order valence-electron chi connectivity index (χ1n) is 12.5. The highest BCUT2D eigenvalue weighted by Crippen LogP contribution is 2.30. The number of aryl methyl sites for hydroxylation is 3. The van der Waals surface area contributed by atoms with E-state index in [1.807, 2.05) is 43.9 Å². The molecule has 1 fully saturated rings. The number of hydrogen-bond acceptors (Lipinski definition) is 7. The summed E-state index contributed by atoms with van der Waals surface area (Å²) in [5.74, 6) is 0.266. The molecule has 2 unspecified atom stereocenters. The molecule has 10 nitrogen and oxygen atoms in total. The van der Waals surface area contributed by atoms with Crippen molar-refractivity contribution < 1.29 is 17.9 Å². The van der Waals surface area contributed by atoms with Gasteiger partial charge in [0.05, 0.1) is 18.4 Å². The topological polar surface area (TPSA) is 119 Å². The molecule has 0 aliphatic carbocycles. The Bertz CT molecular complexity index is 1370. The SMILES string of the molecule is CCCC(C)C(=O)N1CCC(Oc2cc(-c3c(C)cccc3C)nc(NS(=O)(=O)c3cnn(C)c3)n2)C1. The van der Waals surface area contributed by atoms with Gasteiger partial charge in [-0.15, -0.1) is 0 Å². The Morgan fingerprint density at radius 1 is 1.24 bits per heavy atom. The molecule has 37 heavy (non-hydrogen) atoms. The van der Waals surface area contributed by atoms with Crippen molar-refractivity contribution in [3.05, 3.63) is 47.8 Å². The van der Waals surface area contributed by atoms with Crippen LogP contribution in [0.3, 0.4) is 0 Å². The lowest BCUT2D eigenvalue weighted by atomic mass is 10.00. The third-order valence-corrected chi connectivity index (χ3v) is 7.83. The number of aromatic nitrogens is 4. The molecule has 1 saturated heterocycles. The summed E-state index contributed by atoms with van der Waals surface area (Å²) in [5, 5.41) is 3.94. The summed E-state index contributed by atoms with van der Waals surface area (Å²) < 4.78 is 36.0. The van der Waals surface area contributed by atoms with Crippen molar-refractivity contribution in [1.82, 2.24) is 24.6 Å². The van der Waals surface area contributed by atoms with E-state index in [4.69, 9.17) is 4.74 Å². The standard InChI is InChI=1S/C26H34N6O4S/c1-6-8-19(4)25(33)32-12-11-20(15-32)36-23-13-22(24-17(2)9-7-10-18(24)3)28-26(29-23)30-37(34,35)21-14-27-31(5)16-21/h7,9-10,13-14,16,19-20H,6,8,11-12,15H2,1-5H3,(H,28,29,30). The fraction of sp³-hybridized carbons (Fsp3) is 0.462. The Morgan fingerprint density at radius 3 is 2.62 bits per heavy atom. The summed E-state index contributed by atoms with van der Waals surface area (Å²) in [5.41, 5.74) is 3.42. The molecule has 3 heterocycles. The summed E-state index contributed by atoms with van der Waals surface area (Å²) in [7, 11) is -2.32. The van der Waals surface area contributed by atoms with E-state index in [-0.39, 0.29) is 34.7 Å². The molecule has 0 radical (unpaired) electrons. The van der Waals surface area contributed by atoms with E-state index < -0.39 is 10.0 Å². The smallest absolute Gasteiger partial charge is 0.267 e. The van der Waals surface area contributed by atoms with Crippen molar-refractivity contribution in [2.24, 2.45) is 13.0 Å². The Hall–Kier alpha value is -3.47. The summed E-state index contributed by atoms with van der Waals surface area (Å²) in [6.07, 6.45) is 4.90. The minimum atomic E-state index is -3.96. The zero-order valence-electron chi connectivity index (χ0n) is 21.9. The second-order valence-electron chi connectivity index (χ2n) is 9.64. The van der Waals surface area contributed by atoms with Crippen molar-refractivity contribution in [2.75, 3.05) is 17.8 Å². The molecule has 0 spiro atoms. The molecule has 1 amide bonds. The van der Waals surface area contributed by atoms with Crippen LogP contribution in [0.4, 0.5) is 5.95 Å². The average Bonchev–Trinajstić information content (AvgIpc) is 3.48. The van der Waals surface area contributed by atoms with Crippen LogP contribution in [0, 0.1) is 19.8 Å². The average molecular weight is 527 g/mol. The number of benzene rings is 1. The van der Waals surface area contributed by atoms with E-state index >= 15 is 0 Å². The number of rotatable bonds is 9. The van der Waals surface area contributed by atoms with Crippen LogP contribution in [-0.4, -0.2) is 58.2 Å². The van der Waals surface area contributed by atoms with Crippen LogP contribution in [0.1, 0.15) is 44.2 Å². The van der Waals surface area contributed by atoms with Gasteiger partial charge in [-0.1, -0.05) is 38.5 Å². The molecule has 198 valence electrons. The lowest BCUT2D eigenvalue weighted by Crippen LogP contribution is -2.34. The van der Waals surface area contributed by atoms with Gasteiger partial charge in [-0.2, -0.15) is 10.1 Å². The summed E-state index contributed by atoms with van der Waals surface area (Å²) in [4.78, 5) is 23.5. The molecule has 2 atom stereocenters. The number of carbonyl (C=O) groups is 1. The lowest BCUT2D eigenvalue weighted by molar-refractivity contribution is -0.134. The number of nitrogens with one attached hydrogen (secondary N) is 1. The molecule has 11 heteroatoms. The molecule has 3 aromatic rings.